The molecule has 1 rings (SSSR count). The quantitative estimate of drug-likeness (QED) is 0.463. The average molecular weight is 420 g/mol. The second-order valence-electron chi connectivity index (χ2n) is 7.30. The lowest BCUT2D eigenvalue weighted by Gasteiger charge is -2.45. The van der Waals surface area contributed by atoms with E-state index in [1.165, 1.54) is 39.5 Å². The van der Waals surface area contributed by atoms with Crippen LogP contribution in [0.5, 0.6) is 0 Å². The first-order chi connectivity index (χ1) is 12.8. The van der Waals surface area contributed by atoms with E-state index < -0.39 is 53.7 Å². The van der Waals surface area contributed by atoms with Gasteiger partial charge in [0.15, 0.2) is 18.3 Å². The van der Waals surface area contributed by atoms with E-state index in [1.54, 1.807) is 0 Å². The van der Waals surface area contributed by atoms with Crippen LogP contribution in [0.2, 0.25) is 0 Å². The third kappa shape index (κ3) is 8.05. The Morgan fingerprint density at radius 3 is 1.68 bits per heavy atom. The van der Waals surface area contributed by atoms with E-state index in [4.69, 9.17) is 23.7 Å². The van der Waals surface area contributed by atoms with E-state index in [2.05, 4.69) is 0 Å². The van der Waals surface area contributed by atoms with Crippen LogP contribution in [0.3, 0.4) is 0 Å². The molecule has 0 N–H and O–H groups in total. The number of hydrogen-bond acceptors (Lipinski definition) is 10. The van der Waals surface area contributed by atoms with E-state index >= 15 is 0 Å². The first kappa shape index (κ1) is 24.2. The number of rotatable bonds is 6. The Bertz CT molecular complexity index is 598. The lowest BCUT2D eigenvalue weighted by molar-refractivity contribution is -0.237. The molecule has 0 spiro atoms. The first-order valence-electron chi connectivity index (χ1n) is 8.78. The first-order valence-corrected chi connectivity index (χ1v) is 9.66. The fourth-order valence-electron chi connectivity index (χ4n) is 2.63. The van der Waals surface area contributed by atoms with Crippen molar-refractivity contribution in [1.82, 2.24) is 0 Å². The van der Waals surface area contributed by atoms with Crippen molar-refractivity contribution < 1.29 is 42.9 Å². The summed E-state index contributed by atoms with van der Waals surface area (Å²) in [5.74, 6) is -2.45. The van der Waals surface area contributed by atoms with Gasteiger partial charge in [-0.15, -0.1) is 11.8 Å². The topological polar surface area (TPSA) is 114 Å². The number of hydrogen-bond donors (Lipinski definition) is 0. The maximum atomic E-state index is 11.7. The summed E-state index contributed by atoms with van der Waals surface area (Å²) in [6.07, 6.45) is -4.19. The van der Waals surface area contributed by atoms with Gasteiger partial charge in [-0.05, 0) is 0 Å². The van der Waals surface area contributed by atoms with Crippen molar-refractivity contribution in [2.24, 2.45) is 0 Å². The molecule has 0 amide bonds. The molecule has 160 valence electrons. The van der Waals surface area contributed by atoms with Crippen LogP contribution in [0, 0.1) is 0 Å². The molecular formula is C18H28O9S. The molecule has 0 aromatic carbocycles. The minimum Gasteiger partial charge on any atom is -0.463 e. The Kier molecular flexibility index (Phi) is 8.75. The zero-order chi connectivity index (χ0) is 21.6. The Hall–Kier alpha value is -1.81. The van der Waals surface area contributed by atoms with Crippen LogP contribution in [0.1, 0.15) is 48.5 Å². The lowest BCUT2D eigenvalue weighted by atomic mass is 9.99. The van der Waals surface area contributed by atoms with Crippen molar-refractivity contribution >= 4 is 35.6 Å². The molecule has 9 nitrogen and oxygen atoms in total. The van der Waals surface area contributed by atoms with Gasteiger partial charge < -0.3 is 23.7 Å². The fraction of sp³-hybridized carbons (Fsp3) is 0.778. The van der Waals surface area contributed by atoms with Gasteiger partial charge in [0.25, 0.3) is 0 Å². The molecule has 0 aromatic rings. The molecule has 10 heteroatoms. The highest BCUT2D eigenvalue weighted by Crippen LogP contribution is 2.39. The van der Waals surface area contributed by atoms with Crippen molar-refractivity contribution in [3.8, 4) is 0 Å². The minimum atomic E-state index is -1.13. The fourth-order valence-corrected chi connectivity index (χ4v) is 3.87. The summed E-state index contributed by atoms with van der Waals surface area (Å²) in [7, 11) is 0. The van der Waals surface area contributed by atoms with E-state index in [1.807, 2.05) is 20.8 Å². The Morgan fingerprint density at radius 1 is 0.786 bits per heavy atom. The van der Waals surface area contributed by atoms with Crippen molar-refractivity contribution in [2.45, 2.75) is 83.1 Å². The molecule has 1 fully saturated rings. The molecular weight excluding hydrogens is 392 g/mol. The smallest absolute Gasteiger partial charge is 0.303 e. The van der Waals surface area contributed by atoms with Crippen LogP contribution < -0.4 is 0 Å². The number of carbonyl (C=O) groups is 4. The summed E-state index contributed by atoms with van der Waals surface area (Å²) in [5, 5.41) is 0. The van der Waals surface area contributed by atoms with Gasteiger partial charge in [-0.25, -0.2) is 0 Å². The second kappa shape index (κ2) is 10.1. The predicted octanol–water partition coefficient (Wildman–Crippen LogP) is 1.60. The molecule has 0 unspecified atom stereocenters. The SMILES string of the molecule is CC(=O)OC[C@@H]1O[C@@H](SC(C)(C)C)[C@@H](OC(C)=O)[C@@H](OC(C)=O)[C@H]1OC(C)=O. The molecule has 0 radical (unpaired) electrons. The molecule has 28 heavy (non-hydrogen) atoms. The van der Waals surface area contributed by atoms with Gasteiger partial charge in [0, 0.05) is 32.4 Å². The summed E-state index contributed by atoms with van der Waals surface area (Å²) in [4.78, 5) is 46.3. The largest absolute Gasteiger partial charge is 0.463 e. The molecule has 1 saturated heterocycles. The molecule has 0 aromatic heterocycles. The highest BCUT2D eigenvalue weighted by atomic mass is 32.2. The van der Waals surface area contributed by atoms with Crippen molar-refractivity contribution in [2.75, 3.05) is 6.61 Å². The standard InChI is InChI=1S/C18H28O9S/c1-9(19)23-8-13-14(24-10(2)20)15(25-11(3)21)16(26-12(4)22)17(27-13)28-18(5,6)7/h13-17H,8H2,1-7H3/t13-,14-,15-,16-,17-/m0/s1. The molecule has 5 atom stereocenters. The van der Waals surface area contributed by atoms with E-state index in [0.717, 1.165) is 0 Å². The minimum absolute atomic E-state index is 0.223. The van der Waals surface area contributed by atoms with Gasteiger partial charge in [-0.3, -0.25) is 19.2 Å². The molecule has 1 aliphatic rings. The highest BCUT2D eigenvalue weighted by molar-refractivity contribution is 8.01. The molecule has 0 saturated carbocycles. The number of carbonyl (C=O) groups excluding carboxylic acids is 4. The zero-order valence-corrected chi connectivity index (χ0v) is 18.0. The Labute approximate surface area is 168 Å². The van der Waals surface area contributed by atoms with E-state index in [-0.39, 0.29) is 11.4 Å². The molecule has 1 heterocycles. The third-order valence-corrected chi connectivity index (χ3v) is 4.74. The van der Waals surface area contributed by atoms with Gasteiger partial charge in [0.1, 0.15) is 18.1 Å². The maximum Gasteiger partial charge on any atom is 0.303 e. The van der Waals surface area contributed by atoms with Crippen LogP contribution in [-0.4, -0.2) is 65.1 Å². The molecule has 1 aliphatic heterocycles. The molecule has 0 aliphatic carbocycles. The normalized spacial score (nSPS) is 27.5. The van der Waals surface area contributed by atoms with Crippen LogP contribution in [-0.2, 0) is 42.9 Å². The zero-order valence-electron chi connectivity index (χ0n) is 17.2. The Balaban J connectivity index is 3.33. The van der Waals surface area contributed by atoms with Gasteiger partial charge in [-0.1, -0.05) is 20.8 Å². The summed E-state index contributed by atoms with van der Waals surface area (Å²) < 4.78 is 26.8. The Morgan fingerprint density at radius 2 is 1.25 bits per heavy atom. The van der Waals surface area contributed by atoms with Crippen LogP contribution in [0.25, 0.3) is 0 Å². The van der Waals surface area contributed by atoms with Crippen LogP contribution in [0.15, 0.2) is 0 Å². The average Bonchev–Trinajstić information content (AvgIpc) is 2.48. The number of esters is 4. The summed E-state index contributed by atoms with van der Waals surface area (Å²) in [5.41, 5.74) is -0.749. The van der Waals surface area contributed by atoms with Crippen LogP contribution >= 0.6 is 11.8 Å². The van der Waals surface area contributed by atoms with Gasteiger partial charge in [0.05, 0.1) is 0 Å². The predicted molar refractivity (Wildman–Crippen MR) is 99.3 cm³/mol. The highest BCUT2D eigenvalue weighted by Gasteiger charge is 2.53. The second-order valence-corrected chi connectivity index (χ2v) is 9.22. The molecule has 0 bridgehead atoms. The summed E-state index contributed by atoms with van der Waals surface area (Å²) in [6.45, 7) is 10.4. The van der Waals surface area contributed by atoms with Crippen molar-refractivity contribution in [1.29, 1.82) is 0 Å². The van der Waals surface area contributed by atoms with Gasteiger partial charge in [0.2, 0.25) is 0 Å². The van der Waals surface area contributed by atoms with Crippen molar-refractivity contribution in [3.63, 3.8) is 0 Å². The maximum absolute atomic E-state index is 11.7. The number of ether oxygens (including phenoxy) is 5. The van der Waals surface area contributed by atoms with E-state index in [0.29, 0.717) is 0 Å². The van der Waals surface area contributed by atoms with Gasteiger partial charge >= 0.3 is 23.9 Å². The monoisotopic (exact) mass is 420 g/mol. The van der Waals surface area contributed by atoms with Crippen LogP contribution in [0.4, 0.5) is 0 Å². The summed E-state index contributed by atoms with van der Waals surface area (Å²) in [6, 6.07) is 0. The number of thioether (sulfide) groups is 1. The third-order valence-electron chi connectivity index (χ3n) is 3.42. The summed E-state index contributed by atoms with van der Waals surface area (Å²) >= 11 is 1.35. The lowest BCUT2D eigenvalue weighted by Crippen LogP contribution is -2.62. The van der Waals surface area contributed by atoms with Gasteiger partial charge in [-0.2, -0.15) is 0 Å². The van der Waals surface area contributed by atoms with Crippen molar-refractivity contribution in [3.05, 3.63) is 0 Å². The van der Waals surface area contributed by atoms with E-state index in [9.17, 15) is 19.2 Å².